The van der Waals surface area contributed by atoms with Crippen molar-refractivity contribution in [2.24, 2.45) is 0 Å². The lowest BCUT2D eigenvalue weighted by atomic mass is 10.3. The molecule has 0 bridgehead atoms. The molecule has 11 nitrogen and oxygen atoms in total. The number of hydrogen-bond acceptors (Lipinski definition) is 9. The molecule has 1 saturated carbocycles. The molecule has 0 spiro atoms. The molecule has 1 N–H and O–H groups in total. The minimum Gasteiger partial charge on any atom is -0.348 e. The molecular weight excluding hydrogens is 442 g/mol. The first-order chi connectivity index (χ1) is 15.7. The van der Waals surface area contributed by atoms with Crippen molar-refractivity contribution >= 4 is 38.6 Å². The Labute approximate surface area is 191 Å². The molecule has 1 fully saturated rings. The van der Waals surface area contributed by atoms with Crippen LogP contribution >= 0.6 is 0 Å². The van der Waals surface area contributed by atoms with Crippen molar-refractivity contribution in [2.45, 2.75) is 38.0 Å². The zero-order valence-electron chi connectivity index (χ0n) is 18.8. The number of aromatic nitrogens is 7. The molecule has 1 aliphatic rings. The number of nitrogens with zero attached hydrogens (tertiary/aromatic N) is 8. The second-order valence-corrected chi connectivity index (χ2v) is 10.6. The highest BCUT2D eigenvalue weighted by atomic mass is 32.2. The van der Waals surface area contributed by atoms with E-state index < -0.39 is 10.0 Å². The Morgan fingerprint density at radius 2 is 1.91 bits per heavy atom. The van der Waals surface area contributed by atoms with Crippen LogP contribution in [0.2, 0.25) is 0 Å². The molecule has 5 rings (SSSR count). The molecule has 172 valence electrons. The summed E-state index contributed by atoms with van der Waals surface area (Å²) in [6, 6.07) is 3.89. The van der Waals surface area contributed by atoms with E-state index >= 15 is 0 Å². The minimum atomic E-state index is -3.44. The Kier molecular flexibility index (Phi) is 5.04. The van der Waals surface area contributed by atoms with E-state index in [4.69, 9.17) is 0 Å². The van der Waals surface area contributed by atoms with Gasteiger partial charge in [0.2, 0.25) is 5.95 Å². The first-order valence-electron chi connectivity index (χ1n) is 10.7. The summed E-state index contributed by atoms with van der Waals surface area (Å²) in [5.74, 6) is 2.39. The SMILES string of the molecule is CC(C)n1c(N(C)C)nc2cnc(Nc3ccnc(-c4cnn(S(=O)(=O)C5CC5)c4)n3)cc21. The smallest absolute Gasteiger partial charge is 0.256 e. The highest BCUT2D eigenvalue weighted by molar-refractivity contribution is 7.90. The maximum absolute atomic E-state index is 12.4. The lowest BCUT2D eigenvalue weighted by molar-refractivity contribution is 0.578. The summed E-state index contributed by atoms with van der Waals surface area (Å²) in [7, 11) is 0.496. The molecule has 4 heterocycles. The molecule has 0 radical (unpaired) electrons. The highest BCUT2D eigenvalue weighted by Crippen LogP contribution is 2.31. The summed E-state index contributed by atoms with van der Waals surface area (Å²) < 4.78 is 28.0. The standard InChI is InChI=1S/C21H25N9O2S/c1-13(2)30-17-9-19(23-11-16(17)25-21(30)28(3)4)26-18-7-8-22-20(27-18)14-10-24-29(12-14)33(31,32)15-5-6-15/h7-13,15H,5-6H2,1-4H3,(H,22,23,26,27). The molecular formula is C21H25N9O2S. The van der Waals surface area contributed by atoms with Crippen LogP contribution in [0.25, 0.3) is 22.4 Å². The van der Waals surface area contributed by atoms with Crippen LogP contribution in [0, 0.1) is 0 Å². The van der Waals surface area contributed by atoms with Gasteiger partial charge in [-0.3, -0.25) is 0 Å². The molecule has 0 unspecified atom stereocenters. The van der Waals surface area contributed by atoms with E-state index in [0.717, 1.165) is 21.1 Å². The van der Waals surface area contributed by atoms with Crippen LogP contribution in [0.5, 0.6) is 0 Å². The van der Waals surface area contributed by atoms with Crippen LogP contribution in [0.3, 0.4) is 0 Å². The number of fused-ring (bicyclic) bond motifs is 1. The van der Waals surface area contributed by atoms with Gasteiger partial charge in [-0.15, -0.1) is 0 Å². The molecule has 0 amide bonds. The zero-order valence-corrected chi connectivity index (χ0v) is 19.7. The first-order valence-corrected chi connectivity index (χ1v) is 12.2. The van der Waals surface area contributed by atoms with Gasteiger partial charge in [0.05, 0.1) is 34.9 Å². The van der Waals surface area contributed by atoms with E-state index in [9.17, 15) is 8.42 Å². The van der Waals surface area contributed by atoms with E-state index in [1.165, 1.54) is 12.4 Å². The highest BCUT2D eigenvalue weighted by Gasteiger charge is 2.37. The van der Waals surface area contributed by atoms with Gasteiger partial charge in [0.1, 0.15) is 17.2 Å². The lowest BCUT2D eigenvalue weighted by Crippen LogP contribution is -2.17. The fourth-order valence-electron chi connectivity index (χ4n) is 3.66. The normalized spacial score (nSPS) is 14.2. The van der Waals surface area contributed by atoms with Crippen molar-refractivity contribution in [1.29, 1.82) is 0 Å². The number of pyridine rings is 1. The summed E-state index contributed by atoms with van der Waals surface area (Å²) in [6.07, 6.45) is 7.62. The van der Waals surface area contributed by atoms with Crippen molar-refractivity contribution < 1.29 is 8.42 Å². The van der Waals surface area contributed by atoms with Crippen LogP contribution in [0.1, 0.15) is 32.7 Å². The van der Waals surface area contributed by atoms with Gasteiger partial charge in [0.15, 0.2) is 5.82 Å². The second-order valence-electron chi connectivity index (χ2n) is 8.56. The van der Waals surface area contributed by atoms with E-state index in [1.807, 2.05) is 25.1 Å². The molecule has 1 aliphatic carbocycles. The number of anilines is 3. The maximum Gasteiger partial charge on any atom is 0.256 e. The molecule has 0 aliphatic heterocycles. The Hall–Kier alpha value is -3.54. The van der Waals surface area contributed by atoms with Gasteiger partial charge in [0, 0.05) is 32.4 Å². The summed E-state index contributed by atoms with van der Waals surface area (Å²) in [5, 5.41) is 6.89. The Bertz CT molecular complexity index is 1440. The summed E-state index contributed by atoms with van der Waals surface area (Å²) in [4.78, 5) is 19.9. The third-order valence-electron chi connectivity index (χ3n) is 5.41. The van der Waals surface area contributed by atoms with Crippen molar-refractivity contribution in [1.82, 2.24) is 33.7 Å². The summed E-state index contributed by atoms with van der Waals surface area (Å²) in [5.41, 5.74) is 2.30. The van der Waals surface area contributed by atoms with Gasteiger partial charge in [-0.2, -0.15) is 9.19 Å². The van der Waals surface area contributed by atoms with Gasteiger partial charge in [-0.25, -0.2) is 28.4 Å². The van der Waals surface area contributed by atoms with Crippen molar-refractivity contribution in [3.8, 4) is 11.4 Å². The van der Waals surface area contributed by atoms with Gasteiger partial charge in [-0.05, 0) is 32.8 Å². The number of imidazole rings is 1. The minimum absolute atomic E-state index is 0.219. The Balaban J connectivity index is 1.44. The fraction of sp³-hybridized carbons (Fsp3) is 0.381. The molecule has 0 aromatic carbocycles. The van der Waals surface area contributed by atoms with E-state index in [1.54, 1.807) is 18.5 Å². The molecule has 4 aromatic rings. The van der Waals surface area contributed by atoms with Gasteiger partial charge in [0.25, 0.3) is 10.0 Å². The quantitative estimate of drug-likeness (QED) is 0.437. The first kappa shape index (κ1) is 21.3. The van der Waals surface area contributed by atoms with Crippen LogP contribution in [0.15, 0.2) is 36.9 Å². The third-order valence-corrected chi connectivity index (χ3v) is 7.45. The largest absolute Gasteiger partial charge is 0.348 e. The third kappa shape index (κ3) is 3.90. The van der Waals surface area contributed by atoms with Crippen LogP contribution in [0.4, 0.5) is 17.6 Å². The van der Waals surface area contributed by atoms with E-state index in [2.05, 4.69) is 48.8 Å². The Morgan fingerprint density at radius 3 is 2.61 bits per heavy atom. The monoisotopic (exact) mass is 467 g/mol. The van der Waals surface area contributed by atoms with Crippen LogP contribution in [-0.4, -0.2) is 61.5 Å². The predicted molar refractivity (Wildman–Crippen MR) is 126 cm³/mol. The number of rotatable bonds is 7. The van der Waals surface area contributed by atoms with Crippen LogP contribution < -0.4 is 10.2 Å². The number of nitrogens with one attached hydrogen (secondary N) is 1. The van der Waals surface area contributed by atoms with Gasteiger partial charge >= 0.3 is 0 Å². The molecule has 0 saturated heterocycles. The van der Waals surface area contributed by atoms with Crippen molar-refractivity contribution in [2.75, 3.05) is 24.3 Å². The average Bonchev–Trinajstić information content (AvgIpc) is 3.39. The molecule has 4 aromatic heterocycles. The van der Waals surface area contributed by atoms with Crippen LogP contribution in [-0.2, 0) is 10.0 Å². The van der Waals surface area contributed by atoms with Gasteiger partial charge < -0.3 is 14.8 Å². The Morgan fingerprint density at radius 1 is 1.12 bits per heavy atom. The lowest BCUT2D eigenvalue weighted by Gasteiger charge is -2.17. The topological polar surface area (TPSA) is 124 Å². The fourth-order valence-corrected chi connectivity index (χ4v) is 5.13. The summed E-state index contributed by atoms with van der Waals surface area (Å²) >= 11 is 0. The molecule has 0 atom stereocenters. The molecule has 33 heavy (non-hydrogen) atoms. The van der Waals surface area contributed by atoms with E-state index in [0.29, 0.717) is 35.9 Å². The van der Waals surface area contributed by atoms with Crippen molar-refractivity contribution in [3.05, 3.63) is 36.9 Å². The summed E-state index contributed by atoms with van der Waals surface area (Å²) in [6.45, 7) is 4.23. The predicted octanol–water partition coefficient (Wildman–Crippen LogP) is 2.82. The molecule has 12 heteroatoms. The average molecular weight is 468 g/mol. The van der Waals surface area contributed by atoms with Gasteiger partial charge in [-0.1, -0.05) is 0 Å². The maximum atomic E-state index is 12.4. The zero-order chi connectivity index (χ0) is 23.3. The number of hydrogen-bond donors (Lipinski definition) is 1. The second kappa shape index (κ2) is 7.80. The van der Waals surface area contributed by atoms with E-state index in [-0.39, 0.29) is 11.3 Å². The van der Waals surface area contributed by atoms with Crippen molar-refractivity contribution in [3.63, 3.8) is 0 Å².